The summed E-state index contributed by atoms with van der Waals surface area (Å²) in [7, 11) is 0. The van der Waals surface area contributed by atoms with Crippen LogP contribution in [0, 0.1) is 23.0 Å². The highest BCUT2D eigenvalue weighted by Gasteiger charge is 2.22. The molecular weight excluding hydrogens is 478 g/mol. The smallest absolute Gasteiger partial charge is 0.271 e. The highest BCUT2D eigenvalue weighted by Crippen LogP contribution is 2.30. The molecule has 1 N–H and O–H groups in total. The number of nitro groups is 1. The molecule has 1 unspecified atom stereocenters. The molecule has 0 aliphatic rings. The minimum Gasteiger partial charge on any atom is -0.481 e. The molecule has 3 rings (SSSR count). The van der Waals surface area contributed by atoms with Crippen LogP contribution >= 0.6 is 23.4 Å². The van der Waals surface area contributed by atoms with Crippen molar-refractivity contribution in [2.75, 3.05) is 11.1 Å². The maximum atomic E-state index is 12.6. The molecule has 180 valence electrons. The molecule has 0 radical (unpaired) electrons. The van der Waals surface area contributed by atoms with E-state index in [-0.39, 0.29) is 17.3 Å². The molecule has 1 heterocycles. The van der Waals surface area contributed by atoms with Crippen LogP contribution in [-0.2, 0) is 11.3 Å². The number of aromatic nitrogens is 3. The average Bonchev–Trinajstić information content (AvgIpc) is 3.17. The van der Waals surface area contributed by atoms with Crippen LogP contribution in [0.1, 0.15) is 38.3 Å². The van der Waals surface area contributed by atoms with Gasteiger partial charge in [-0.05, 0) is 37.5 Å². The van der Waals surface area contributed by atoms with Crippen molar-refractivity contribution in [3.8, 4) is 5.75 Å². The van der Waals surface area contributed by atoms with Gasteiger partial charge >= 0.3 is 0 Å². The lowest BCUT2D eigenvalue weighted by Crippen LogP contribution is -2.17. The van der Waals surface area contributed by atoms with Gasteiger partial charge in [-0.1, -0.05) is 55.4 Å². The molecule has 34 heavy (non-hydrogen) atoms. The van der Waals surface area contributed by atoms with Crippen LogP contribution in [0.5, 0.6) is 5.75 Å². The Kier molecular flexibility index (Phi) is 8.51. The van der Waals surface area contributed by atoms with Gasteiger partial charge in [0.05, 0.1) is 21.4 Å². The fourth-order valence-corrected chi connectivity index (χ4v) is 4.14. The van der Waals surface area contributed by atoms with Crippen LogP contribution in [0.2, 0.25) is 5.02 Å². The van der Waals surface area contributed by atoms with E-state index in [4.69, 9.17) is 16.3 Å². The number of carbonyl (C=O) groups is 1. The first-order valence-corrected chi connectivity index (χ1v) is 12.0. The first kappa shape index (κ1) is 25.5. The molecule has 0 aliphatic carbocycles. The summed E-state index contributed by atoms with van der Waals surface area (Å²) in [4.78, 5) is 23.1. The second-order valence-electron chi connectivity index (χ2n) is 8.13. The Morgan fingerprint density at radius 2 is 1.97 bits per heavy atom. The van der Waals surface area contributed by atoms with Gasteiger partial charge < -0.3 is 14.6 Å². The fraction of sp³-hybridized carbons (Fsp3) is 0.348. The number of ether oxygens (including phenoxy) is 1. The summed E-state index contributed by atoms with van der Waals surface area (Å²) in [5, 5.41) is 23.5. The van der Waals surface area contributed by atoms with Crippen LogP contribution in [0.15, 0.2) is 47.6 Å². The molecule has 1 aromatic heterocycles. The molecule has 1 amide bonds. The number of rotatable bonds is 10. The molecule has 2 aromatic carbocycles. The quantitative estimate of drug-likeness (QED) is 0.215. The van der Waals surface area contributed by atoms with E-state index in [0.29, 0.717) is 39.9 Å². The summed E-state index contributed by atoms with van der Waals surface area (Å²) in [5.41, 5.74) is 1.06. The third kappa shape index (κ3) is 6.48. The Labute approximate surface area is 207 Å². The number of carbonyl (C=O) groups excluding carboxylic acids is 1. The Morgan fingerprint density at radius 1 is 1.24 bits per heavy atom. The molecule has 0 bridgehead atoms. The van der Waals surface area contributed by atoms with Gasteiger partial charge in [-0.15, -0.1) is 10.2 Å². The van der Waals surface area contributed by atoms with Gasteiger partial charge in [0.25, 0.3) is 5.69 Å². The van der Waals surface area contributed by atoms with E-state index < -0.39 is 11.0 Å². The third-order valence-electron chi connectivity index (χ3n) is 4.84. The van der Waals surface area contributed by atoms with Gasteiger partial charge in [0.1, 0.15) is 5.75 Å². The molecule has 11 heteroatoms. The van der Waals surface area contributed by atoms with Crippen molar-refractivity contribution in [1.29, 1.82) is 0 Å². The van der Waals surface area contributed by atoms with Crippen molar-refractivity contribution in [1.82, 2.24) is 14.8 Å². The monoisotopic (exact) mass is 503 g/mol. The summed E-state index contributed by atoms with van der Waals surface area (Å²) in [5.74, 6) is 1.26. The average molecular weight is 504 g/mol. The van der Waals surface area contributed by atoms with Gasteiger partial charge in [-0.3, -0.25) is 14.9 Å². The number of non-ortho nitro benzene ring substituents is 1. The number of nitro benzene ring substituents is 1. The number of aryl methyl sites for hydroxylation is 1. The molecule has 0 saturated carbocycles. The number of amides is 1. The van der Waals surface area contributed by atoms with Crippen LogP contribution in [0.4, 0.5) is 11.4 Å². The number of benzene rings is 2. The summed E-state index contributed by atoms with van der Waals surface area (Å²) in [6.07, 6.45) is -0.415. The molecular formula is C23H26ClN5O4S. The normalized spacial score (nSPS) is 11.9. The maximum absolute atomic E-state index is 12.6. The van der Waals surface area contributed by atoms with Crippen molar-refractivity contribution in [3.05, 3.63) is 69.0 Å². The number of hydrogen-bond acceptors (Lipinski definition) is 7. The van der Waals surface area contributed by atoms with E-state index in [1.807, 2.05) is 23.6 Å². The van der Waals surface area contributed by atoms with E-state index in [1.165, 1.54) is 23.9 Å². The molecule has 0 fully saturated rings. The van der Waals surface area contributed by atoms with E-state index >= 15 is 0 Å². The van der Waals surface area contributed by atoms with Crippen molar-refractivity contribution in [3.63, 3.8) is 0 Å². The molecule has 0 saturated heterocycles. The predicted molar refractivity (Wildman–Crippen MR) is 133 cm³/mol. The topological polar surface area (TPSA) is 112 Å². The van der Waals surface area contributed by atoms with Gasteiger partial charge in [0.15, 0.2) is 17.1 Å². The van der Waals surface area contributed by atoms with Crippen LogP contribution in [-0.4, -0.2) is 31.3 Å². The second-order valence-corrected chi connectivity index (χ2v) is 9.48. The van der Waals surface area contributed by atoms with Crippen molar-refractivity contribution in [2.24, 2.45) is 5.92 Å². The van der Waals surface area contributed by atoms with Gasteiger partial charge in [-0.25, -0.2) is 0 Å². The van der Waals surface area contributed by atoms with E-state index in [9.17, 15) is 14.9 Å². The largest absolute Gasteiger partial charge is 0.481 e. The van der Waals surface area contributed by atoms with Crippen LogP contribution < -0.4 is 10.1 Å². The first-order valence-electron chi connectivity index (χ1n) is 10.7. The van der Waals surface area contributed by atoms with E-state index in [1.54, 1.807) is 25.1 Å². The maximum Gasteiger partial charge on any atom is 0.271 e. The molecule has 3 aromatic rings. The summed E-state index contributed by atoms with van der Waals surface area (Å²) in [6.45, 7) is 8.45. The zero-order valence-corrected chi connectivity index (χ0v) is 20.9. The highest BCUT2D eigenvalue weighted by atomic mass is 35.5. The summed E-state index contributed by atoms with van der Waals surface area (Å²) >= 11 is 7.46. The number of anilines is 1. The van der Waals surface area contributed by atoms with E-state index in [2.05, 4.69) is 29.4 Å². The predicted octanol–water partition coefficient (Wildman–Crippen LogP) is 5.67. The Morgan fingerprint density at radius 3 is 2.65 bits per heavy atom. The first-order chi connectivity index (χ1) is 16.2. The molecule has 0 aliphatic heterocycles. The Bertz CT molecular complexity index is 1180. The zero-order chi connectivity index (χ0) is 24.8. The third-order valence-corrected chi connectivity index (χ3v) is 6.11. The van der Waals surface area contributed by atoms with Crippen molar-refractivity contribution in [2.45, 2.75) is 45.5 Å². The fourth-order valence-electron chi connectivity index (χ4n) is 3.20. The van der Waals surface area contributed by atoms with Crippen LogP contribution in [0.25, 0.3) is 0 Å². The standard InChI is InChI=1S/C23H26ClN5O4S/c1-14(2)12-28-22(16(4)33-20-8-6-5-7-18(20)24)26-27-23(28)34-13-21(30)25-19-11-17(29(31)32)10-9-15(19)3/h5-11,14,16H,12-13H2,1-4H3,(H,25,30). The van der Waals surface area contributed by atoms with Crippen LogP contribution in [0.3, 0.4) is 0 Å². The summed E-state index contributed by atoms with van der Waals surface area (Å²) in [6, 6.07) is 11.6. The number of halogens is 1. The van der Waals surface area contributed by atoms with Crippen molar-refractivity contribution < 1.29 is 14.5 Å². The number of para-hydroxylation sites is 1. The lowest BCUT2D eigenvalue weighted by Gasteiger charge is -2.18. The van der Waals surface area contributed by atoms with Gasteiger partial charge in [0.2, 0.25) is 5.91 Å². The molecule has 0 spiro atoms. The second kappa shape index (κ2) is 11.3. The van der Waals surface area contributed by atoms with Gasteiger partial charge in [0, 0.05) is 18.7 Å². The number of thioether (sulfide) groups is 1. The lowest BCUT2D eigenvalue weighted by atomic mass is 10.2. The SMILES string of the molecule is Cc1ccc([N+](=O)[O-])cc1NC(=O)CSc1nnc(C(C)Oc2ccccc2Cl)n1CC(C)C. The molecule has 9 nitrogen and oxygen atoms in total. The number of nitrogens with zero attached hydrogens (tertiary/aromatic N) is 4. The Hall–Kier alpha value is -3.11. The molecule has 1 atom stereocenters. The minimum absolute atomic E-state index is 0.0676. The zero-order valence-electron chi connectivity index (χ0n) is 19.3. The summed E-state index contributed by atoms with van der Waals surface area (Å²) < 4.78 is 7.96. The number of hydrogen-bond donors (Lipinski definition) is 1. The highest BCUT2D eigenvalue weighted by molar-refractivity contribution is 7.99. The minimum atomic E-state index is -0.494. The van der Waals surface area contributed by atoms with E-state index in [0.717, 1.165) is 5.56 Å². The van der Waals surface area contributed by atoms with Crippen molar-refractivity contribution >= 4 is 40.6 Å². The lowest BCUT2D eigenvalue weighted by molar-refractivity contribution is -0.384. The van der Waals surface area contributed by atoms with Gasteiger partial charge in [-0.2, -0.15) is 0 Å². The Balaban J connectivity index is 1.73. The number of nitrogens with one attached hydrogen (secondary N) is 1.